The van der Waals surface area contributed by atoms with Gasteiger partial charge >= 0.3 is 0 Å². The second-order valence-corrected chi connectivity index (χ2v) is 3.44. The van der Waals surface area contributed by atoms with Crippen LogP contribution in [0.2, 0.25) is 0 Å². The number of hydrogen-bond acceptors (Lipinski definition) is 4. The number of hydrogen-bond donors (Lipinski definition) is 1. The molecule has 1 fully saturated rings. The second-order valence-electron chi connectivity index (χ2n) is 3.44. The van der Waals surface area contributed by atoms with Crippen molar-refractivity contribution in [2.45, 2.75) is 37.3 Å². The normalized spacial score (nSPS) is 22.5. The van der Waals surface area contributed by atoms with Crippen LogP contribution in [0.15, 0.2) is 0 Å². The van der Waals surface area contributed by atoms with Crippen LogP contribution < -0.4 is 10.8 Å². The number of carbonyl (C=O) groups is 1. The number of quaternary nitrogens is 1. The van der Waals surface area contributed by atoms with E-state index in [1.54, 1.807) is 0 Å². The van der Waals surface area contributed by atoms with Crippen LogP contribution in [-0.4, -0.2) is 22.5 Å². The summed E-state index contributed by atoms with van der Waals surface area (Å²) < 4.78 is 0. The average Bonchev–Trinajstić information content (AvgIpc) is 2.51. The SMILES string of the molecule is [NH3+]C(C(=O)[O-])C1([N+](=O)[O-])CCCC1. The van der Waals surface area contributed by atoms with Crippen molar-refractivity contribution in [1.82, 2.24) is 0 Å². The van der Waals surface area contributed by atoms with E-state index in [1.165, 1.54) is 0 Å². The summed E-state index contributed by atoms with van der Waals surface area (Å²) in [7, 11) is 0. The van der Waals surface area contributed by atoms with Crippen molar-refractivity contribution in [3.05, 3.63) is 10.1 Å². The van der Waals surface area contributed by atoms with Gasteiger partial charge in [-0.25, -0.2) is 0 Å². The van der Waals surface area contributed by atoms with E-state index in [0.717, 1.165) is 0 Å². The molecule has 0 aromatic heterocycles. The summed E-state index contributed by atoms with van der Waals surface area (Å²) in [6.45, 7) is 0. The predicted octanol–water partition coefficient (Wildman–Crippen LogP) is -2.06. The highest BCUT2D eigenvalue weighted by Gasteiger charge is 2.54. The molecule has 0 aromatic rings. The van der Waals surface area contributed by atoms with Crippen LogP contribution in [0, 0.1) is 10.1 Å². The van der Waals surface area contributed by atoms with Crippen molar-refractivity contribution in [1.29, 1.82) is 0 Å². The summed E-state index contributed by atoms with van der Waals surface area (Å²) in [5.41, 5.74) is 1.93. The lowest BCUT2D eigenvalue weighted by Crippen LogP contribution is -2.78. The van der Waals surface area contributed by atoms with Gasteiger partial charge in [0.15, 0.2) is 6.04 Å². The quantitative estimate of drug-likeness (QED) is 0.405. The Morgan fingerprint density at radius 3 is 2.23 bits per heavy atom. The minimum atomic E-state index is -1.43. The van der Waals surface area contributed by atoms with Gasteiger partial charge < -0.3 is 15.6 Å². The first-order valence-electron chi connectivity index (χ1n) is 4.19. The molecule has 74 valence electrons. The Labute approximate surface area is 74.9 Å². The Morgan fingerprint density at radius 2 is 1.92 bits per heavy atom. The van der Waals surface area contributed by atoms with E-state index in [-0.39, 0.29) is 0 Å². The van der Waals surface area contributed by atoms with Gasteiger partial charge in [-0.05, 0) is 12.8 Å². The van der Waals surface area contributed by atoms with E-state index in [0.29, 0.717) is 25.7 Å². The molecule has 0 bridgehead atoms. The van der Waals surface area contributed by atoms with Crippen molar-refractivity contribution in [3.8, 4) is 0 Å². The van der Waals surface area contributed by atoms with Gasteiger partial charge in [-0.3, -0.25) is 10.1 Å². The molecule has 0 aromatic carbocycles. The van der Waals surface area contributed by atoms with Crippen LogP contribution in [0.5, 0.6) is 0 Å². The molecule has 0 radical (unpaired) electrons. The molecule has 13 heavy (non-hydrogen) atoms. The fraction of sp³-hybridized carbons (Fsp3) is 0.857. The van der Waals surface area contributed by atoms with Gasteiger partial charge in [-0.15, -0.1) is 0 Å². The fourth-order valence-electron chi connectivity index (χ4n) is 1.86. The van der Waals surface area contributed by atoms with Crippen molar-refractivity contribution in [2.75, 3.05) is 0 Å². The highest BCUT2D eigenvalue weighted by molar-refractivity contribution is 5.71. The number of carbonyl (C=O) groups excluding carboxylic acids is 1. The maximum Gasteiger partial charge on any atom is 0.277 e. The van der Waals surface area contributed by atoms with Crippen molar-refractivity contribution >= 4 is 5.97 Å². The second kappa shape index (κ2) is 3.29. The topological polar surface area (TPSA) is 111 Å². The van der Waals surface area contributed by atoms with Crippen LogP contribution in [0.1, 0.15) is 25.7 Å². The van der Waals surface area contributed by atoms with Gasteiger partial charge in [0.05, 0.1) is 0 Å². The Hall–Kier alpha value is -1.17. The maximum absolute atomic E-state index is 10.7. The molecule has 0 amide bonds. The van der Waals surface area contributed by atoms with Crippen molar-refractivity contribution in [3.63, 3.8) is 0 Å². The number of nitrogens with zero attached hydrogens (tertiary/aromatic N) is 1. The van der Waals surface area contributed by atoms with E-state index in [4.69, 9.17) is 0 Å². The molecule has 1 unspecified atom stereocenters. The smallest absolute Gasteiger partial charge is 0.277 e. The molecular weight excluding hydrogens is 176 g/mol. The number of carboxylic acids is 1. The van der Waals surface area contributed by atoms with Gasteiger partial charge in [0.2, 0.25) is 0 Å². The molecule has 0 spiro atoms. The lowest BCUT2D eigenvalue weighted by Gasteiger charge is -2.23. The summed E-state index contributed by atoms with van der Waals surface area (Å²) in [5.74, 6) is -1.43. The predicted molar refractivity (Wildman–Crippen MR) is 39.9 cm³/mol. The maximum atomic E-state index is 10.7. The third-order valence-corrected chi connectivity index (χ3v) is 2.77. The fourth-order valence-corrected chi connectivity index (χ4v) is 1.86. The summed E-state index contributed by atoms with van der Waals surface area (Å²) in [4.78, 5) is 20.8. The third kappa shape index (κ3) is 1.49. The standard InChI is InChI=1S/C7H12N2O4/c8-5(6(10)11)7(9(12)13)3-1-2-4-7/h5H,1-4,8H2,(H,10,11). The van der Waals surface area contributed by atoms with Gasteiger partial charge in [-0.2, -0.15) is 0 Å². The molecule has 3 N–H and O–H groups in total. The zero-order valence-corrected chi connectivity index (χ0v) is 7.19. The average molecular weight is 188 g/mol. The minimum Gasteiger partial charge on any atom is -0.544 e. The Balaban J connectivity index is 2.90. The highest BCUT2D eigenvalue weighted by Crippen LogP contribution is 2.33. The molecule has 0 heterocycles. The summed E-state index contributed by atoms with van der Waals surface area (Å²) in [6.07, 6.45) is 1.98. The van der Waals surface area contributed by atoms with Crippen LogP contribution in [-0.2, 0) is 4.79 Å². The molecule has 0 saturated heterocycles. The molecule has 1 rings (SSSR count). The lowest BCUT2D eigenvalue weighted by atomic mass is 9.89. The number of rotatable bonds is 3. The van der Waals surface area contributed by atoms with Crippen LogP contribution in [0.4, 0.5) is 0 Å². The monoisotopic (exact) mass is 188 g/mol. The number of nitro groups is 1. The van der Waals surface area contributed by atoms with Crippen molar-refractivity contribution in [2.24, 2.45) is 0 Å². The molecule has 1 aliphatic rings. The molecule has 6 heteroatoms. The number of carboxylic acid groups (broad SMARTS) is 1. The molecular formula is C7H12N2O4. The molecule has 1 atom stereocenters. The van der Waals surface area contributed by atoms with Crippen LogP contribution in [0.3, 0.4) is 0 Å². The van der Waals surface area contributed by atoms with Gasteiger partial charge in [0.1, 0.15) is 5.97 Å². The Morgan fingerprint density at radius 1 is 1.46 bits per heavy atom. The van der Waals surface area contributed by atoms with E-state index in [2.05, 4.69) is 5.73 Å². The first-order chi connectivity index (χ1) is 6.00. The molecule has 1 aliphatic carbocycles. The zero-order chi connectivity index (χ0) is 10.1. The third-order valence-electron chi connectivity index (χ3n) is 2.77. The first-order valence-corrected chi connectivity index (χ1v) is 4.19. The Kier molecular flexibility index (Phi) is 2.51. The van der Waals surface area contributed by atoms with Crippen LogP contribution >= 0.6 is 0 Å². The van der Waals surface area contributed by atoms with E-state index >= 15 is 0 Å². The minimum absolute atomic E-state index is 0.294. The van der Waals surface area contributed by atoms with Crippen LogP contribution in [0.25, 0.3) is 0 Å². The van der Waals surface area contributed by atoms with E-state index < -0.39 is 22.5 Å². The zero-order valence-electron chi connectivity index (χ0n) is 7.19. The first kappa shape index (κ1) is 9.91. The largest absolute Gasteiger partial charge is 0.544 e. The summed E-state index contributed by atoms with van der Waals surface area (Å²) >= 11 is 0. The Bertz CT molecular complexity index is 235. The molecule has 6 nitrogen and oxygen atoms in total. The molecule has 0 aliphatic heterocycles. The lowest BCUT2D eigenvalue weighted by molar-refractivity contribution is -0.623. The van der Waals surface area contributed by atoms with Gasteiger partial charge in [-0.1, -0.05) is 0 Å². The van der Waals surface area contributed by atoms with E-state index in [9.17, 15) is 20.0 Å². The van der Waals surface area contributed by atoms with Gasteiger partial charge in [0.25, 0.3) is 5.54 Å². The van der Waals surface area contributed by atoms with E-state index in [1.807, 2.05) is 0 Å². The number of aliphatic carboxylic acids is 1. The summed E-state index contributed by atoms with van der Waals surface area (Å²) in [5, 5.41) is 21.3. The van der Waals surface area contributed by atoms with Crippen molar-refractivity contribution < 1.29 is 20.6 Å². The highest BCUT2D eigenvalue weighted by atomic mass is 16.6. The van der Waals surface area contributed by atoms with Gasteiger partial charge in [0, 0.05) is 17.8 Å². The summed E-state index contributed by atoms with van der Waals surface area (Å²) in [6, 6.07) is -1.25. The molecule has 1 saturated carbocycles.